The van der Waals surface area contributed by atoms with Gasteiger partial charge in [-0.15, -0.1) is 6.58 Å². The van der Waals surface area contributed by atoms with Gasteiger partial charge in [0.15, 0.2) is 0 Å². The van der Waals surface area contributed by atoms with Crippen LogP contribution < -0.4 is 0 Å². The molecule has 0 saturated heterocycles. The van der Waals surface area contributed by atoms with Gasteiger partial charge in [0, 0.05) is 6.61 Å². The average molecular weight is 144 g/mol. The molecule has 10 heavy (non-hydrogen) atoms. The second-order valence-corrected chi connectivity index (χ2v) is 2.20. The summed E-state index contributed by atoms with van der Waals surface area (Å²) in [6.07, 6.45) is 3.44. The van der Waals surface area contributed by atoms with Crippen LogP contribution in [0.1, 0.15) is 19.8 Å². The van der Waals surface area contributed by atoms with Gasteiger partial charge in [-0.3, -0.25) is 0 Å². The van der Waals surface area contributed by atoms with Gasteiger partial charge < -0.3 is 9.84 Å². The average Bonchev–Trinajstić information content (AvgIpc) is 1.98. The molecule has 1 N–H and O–H groups in total. The highest BCUT2D eigenvalue weighted by Gasteiger charge is 2.02. The molecule has 0 heterocycles. The first-order valence-corrected chi connectivity index (χ1v) is 3.68. The van der Waals surface area contributed by atoms with Gasteiger partial charge in [-0.2, -0.15) is 0 Å². The topological polar surface area (TPSA) is 29.5 Å². The monoisotopic (exact) mass is 144 g/mol. The lowest BCUT2D eigenvalue weighted by Gasteiger charge is -2.11. The number of hydrogen-bond acceptors (Lipinski definition) is 2. The fourth-order valence-corrected chi connectivity index (χ4v) is 0.666. The molecule has 0 rings (SSSR count). The van der Waals surface area contributed by atoms with Gasteiger partial charge in [-0.05, 0) is 12.8 Å². The van der Waals surface area contributed by atoms with Crippen LogP contribution in [0.2, 0.25) is 0 Å². The molecule has 0 fully saturated rings. The molecule has 0 saturated carbocycles. The van der Waals surface area contributed by atoms with Crippen molar-refractivity contribution < 1.29 is 9.84 Å². The van der Waals surface area contributed by atoms with Gasteiger partial charge in [0.2, 0.25) is 0 Å². The number of aliphatic hydroxyl groups excluding tert-OH is 1. The lowest BCUT2D eigenvalue weighted by molar-refractivity contribution is 0.0156. The molecule has 0 aromatic carbocycles. The summed E-state index contributed by atoms with van der Waals surface area (Å²) in [5, 5.41) is 8.71. The van der Waals surface area contributed by atoms with Crippen LogP contribution >= 0.6 is 0 Å². The minimum atomic E-state index is -0.0440. The van der Waals surface area contributed by atoms with Gasteiger partial charge >= 0.3 is 0 Å². The van der Waals surface area contributed by atoms with Crippen molar-refractivity contribution in [2.45, 2.75) is 25.9 Å². The van der Waals surface area contributed by atoms with Gasteiger partial charge in [0.25, 0.3) is 0 Å². The molecule has 60 valence electrons. The Kier molecular flexibility index (Phi) is 6.55. The SMILES string of the molecule is C=CCC(CO)OCCC. The fraction of sp³-hybridized carbons (Fsp3) is 0.750. The second kappa shape index (κ2) is 6.78. The zero-order valence-corrected chi connectivity index (χ0v) is 6.55. The van der Waals surface area contributed by atoms with Crippen molar-refractivity contribution >= 4 is 0 Å². The molecular formula is C8H16O2. The first-order valence-electron chi connectivity index (χ1n) is 3.68. The largest absolute Gasteiger partial charge is 0.394 e. The van der Waals surface area contributed by atoms with Crippen molar-refractivity contribution in [1.29, 1.82) is 0 Å². The number of ether oxygens (including phenoxy) is 1. The van der Waals surface area contributed by atoms with Crippen LogP contribution in [0, 0.1) is 0 Å². The maximum atomic E-state index is 8.71. The van der Waals surface area contributed by atoms with E-state index in [1.807, 2.05) is 6.92 Å². The van der Waals surface area contributed by atoms with Crippen LogP contribution in [-0.4, -0.2) is 24.4 Å². The van der Waals surface area contributed by atoms with Gasteiger partial charge in [-0.25, -0.2) is 0 Å². The van der Waals surface area contributed by atoms with Crippen LogP contribution in [0.15, 0.2) is 12.7 Å². The molecule has 0 aromatic rings. The first-order chi connectivity index (χ1) is 4.85. The fourth-order valence-electron chi connectivity index (χ4n) is 0.666. The predicted octanol–water partition coefficient (Wildman–Crippen LogP) is 1.35. The molecule has 0 aliphatic heterocycles. The van der Waals surface area contributed by atoms with Gasteiger partial charge in [0.05, 0.1) is 12.7 Å². The Labute approximate surface area is 62.5 Å². The van der Waals surface area contributed by atoms with Gasteiger partial charge in [-0.1, -0.05) is 13.0 Å². The smallest absolute Gasteiger partial charge is 0.0839 e. The van der Waals surface area contributed by atoms with Crippen LogP contribution in [0.3, 0.4) is 0 Å². The van der Waals surface area contributed by atoms with Crippen LogP contribution in [0.5, 0.6) is 0 Å². The molecule has 0 amide bonds. The van der Waals surface area contributed by atoms with E-state index in [1.165, 1.54) is 0 Å². The predicted molar refractivity (Wildman–Crippen MR) is 41.9 cm³/mol. The van der Waals surface area contributed by atoms with E-state index in [-0.39, 0.29) is 12.7 Å². The summed E-state index contributed by atoms with van der Waals surface area (Å²) in [6.45, 7) is 6.42. The third-order valence-electron chi connectivity index (χ3n) is 1.19. The van der Waals surface area contributed by atoms with E-state index in [0.717, 1.165) is 19.4 Å². The van der Waals surface area contributed by atoms with Crippen LogP contribution in [0.4, 0.5) is 0 Å². The van der Waals surface area contributed by atoms with Crippen molar-refractivity contribution in [3.63, 3.8) is 0 Å². The summed E-state index contributed by atoms with van der Waals surface area (Å²) in [4.78, 5) is 0. The molecule has 0 aliphatic rings. The molecule has 1 atom stereocenters. The van der Waals surface area contributed by atoms with Crippen molar-refractivity contribution in [2.75, 3.05) is 13.2 Å². The Morgan fingerprint density at radius 1 is 1.70 bits per heavy atom. The van der Waals surface area contributed by atoms with E-state index in [9.17, 15) is 0 Å². The van der Waals surface area contributed by atoms with Crippen LogP contribution in [-0.2, 0) is 4.74 Å². The van der Waals surface area contributed by atoms with E-state index in [4.69, 9.17) is 9.84 Å². The summed E-state index contributed by atoms with van der Waals surface area (Å²) in [5.74, 6) is 0. The highest BCUT2D eigenvalue weighted by molar-refractivity contribution is 4.72. The van der Waals surface area contributed by atoms with E-state index in [0.29, 0.717) is 0 Å². The van der Waals surface area contributed by atoms with E-state index in [1.54, 1.807) is 6.08 Å². The molecule has 0 aliphatic carbocycles. The van der Waals surface area contributed by atoms with Gasteiger partial charge in [0.1, 0.15) is 0 Å². The van der Waals surface area contributed by atoms with E-state index in [2.05, 4.69) is 6.58 Å². The van der Waals surface area contributed by atoms with E-state index < -0.39 is 0 Å². The highest BCUT2D eigenvalue weighted by atomic mass is 16.5. The minimum absolute atomic E-state index is 0.0440. The Balaban J connectivity index is 3.29. The molecule has 0 radical (unpaired) electrons. The summed E-state index contributed by atoms with van der Waals surface area (Å²) in [7, 11) is 0. The number of aliphatic hydroxyl groups is 1. The summed E-state index contributed by atoms with van der Waals surface area (Å²) in [5.41, 5.74) is 0. The third-order valence-corrected chi connectivity index (χ3v) is 1.19. The maximum absolute atomic E-state index is 8.71. The summed E-state index contributed by atoms with van der Waals surface area (Å²) < 4.78 is 5.26. The first kappa shape index (κ1) is 9.66. The Morgan fingerprint density at radius 3 is 2.80 bits per heavy atom. The molecule has 0 aromatic heterocycles. The van der Waals surface area contributed by atoms with Crippen molar-refractivity contribution in [3.05, 3.63) is 12.7 Å². The van der Waals surface area contributed by atoms with Crippen molar-refractivity contribution in [3.8, 4) is 0 Å². The summed E-state index contributed by atoms with van der Waals surface area (Å²) >= 11 is 0. The normalized spacial score (nSPS) is 13.0. The standard InChI is InChI=1S/C8H16O2/c1-3-5-8(7-9)10-6-4-2/h3,8-9H,1,4-7H2,2H3. The highest BCUT2D eigenvalue weighted by Crippen LogP contribution is 1.98. The molecule has 2 nitrogen and oxygen atoms in total. The third kappa shape index (κ3) is 4.53. The second-order valence-electron chi connectivity index (χ2n) is 2.20. The Hall–Kier alpha value is -0.340. The molecule has 0 spiro atoms. The van der Waals surface area contributed by atoms with Crippen molar-refractivity contribution in [2.24, 2.45) is 0 Å². The zero-order chi connectivity index (χ0) is 7.82. The van der Waals surface area contributed by atoms with E-state index >= 15 is 0 Å². The lowest BCUT2D eigenvalue weighted by atomic mass is 10.2. The van der Waals surface area contributed by atoms with Crippen LogP contribution in [0.25, 0.3) is 0 Å². The lowest BCUT2D eigenvalue weighted by Crippen LogP contribution is -2.16. The molecule has 0 bridgehead atoms. The Bertz CT molecular complexity index is 81.3. The molecule has 2 heteroatoms. The Morgan fingerprint density at radius 2 is 2.40 bits per heavy atom. The molecule has 1 unspecified atom stereocenters. The summed E-state index contributed by atoms with van der Waals surface area (Å²) in [6, 6.07) is 0. The number of hydrogen-bond donors (Lipinski definition) is 1. The number of rotatable bonds is 6. The molecular weight excluding hydrogens is 128 g/mol. The quantitative estimate of drug-likeness (QED) is 0.570. The minimum Gasteiger partial charge on any atom is -0.394 e. The zero-order valence-electron chi connectivity index (χ0n) is 6.55. The van der Waals surface area contributed by atoms with Crippen molar-refractivity contribution in [1.82, 2.24) is 0 Å². The maximum Gasteiger partial charge on any atom is 0.0839 e.